The van der Waals surface area contributed by atoms with Crippen LogP contribution in [-0.2, 0) is 17.8 Å². The van der Waals surface area contributed by atoms with E-state index in [0.717, 1.165) is 18.4 Å². The maximum atomic E-state index is 13.2. The molecule has 1 heterocycles. The molecule has 1 aliphatic carbocycles. The largest absolute Gasteiger partial charge is 0.494 e. The molecule has 0 aliphatic heterocycles. The molecule has 7 nitrogen and oxygen atoms in total. The third-order valence-corrected chi connectivity index (χ3v) is 5.48. The zero-order chi connectivity index (χ0) is 21.1. The number of hydrogen-bond acceptors (Lipinski definition) is 4. The molecule has 1 saturated carbocycles. The first-order chi connectivity index (χ1) is 14.6. The van der Waals surface area contributed by atoms with E-state index in [0.29, 0.717) is 29.6 Å². The number of aromatic nitrogens is 3. The number of hydrogen-bond donors (Lipinski definition) is 1. The van der Waals surface area contributed by atoms with Gasteiger partial charge in [0.05, 0.1) is 7.11 Å². The van der Waals surface area contributed by atoms with Crippen LogP contribution in [0.5, 0.6) is 5.75 Å². The summed E-state index contributed by atoms with van der Waals surface area (Å²) in [6.45, 7) is 1.95. The number of carbonyl (C=O) groups is 1. The molecule has 0 spiro atoms. The second kappa shape index (κ2) is 8.57. The third kappa shape index (κ3) is 4.30. The van der Waals surface area contributed by atoms with Gasteiger partial charge < -0.3 is 10.1 Å². The van der Waals surface area contributed by atoms with Gasteiger partial charge in [-0.2, -0.15) is 4.68 Å². The molecule has 0 bridgehead atoms. The third-order valence-electron chi connectivity index (χ3n) is 5.48. The lowest BCUT2D eigenvalue weighted by Gasteiger charge is -2.13. The van der Waals surface area contributed by atoms with E-state index in [1.807, 2.05) is 49.4 Å². The molecule has 30 heavy (non-hydrogen) atoms. The van der Waals surface area contributed by atoms with Crippen LogP contribution in [0.2, 0.25) is 0 Å². The molecule has 1 N–H and O–H groups in total. The maximum absolute atomic E-state index is 13.2. The Hall–Kier alpha value is -3.35. The molecule has 7 heteroatoms. The van der Waals surface area contributed by atoms with Gasteiger partial charge in [-0.05, 0) is 43.4 Å². The van der Waals surface area contributed by atoms with Crippen molar-refractivity contribution in [2.24, 2.45) is 5.92 Å². The van der Waals surface area contributed by atoms with E-state index in [9.17, 15) is 9.59 Å². The molecule has 1 aromatic heterocycles. The monoisotopic (exact) mass is 406 g/mol. The van der Waals surface area contributed by atoms with Crippen molar-refractivity contribution < 1.29 is 9.53 Å². The van der Waals surface area contributed by atoms with E-state index >= 15 is 0 Å². The first-order valence-corrected chi connectivity index (χ1v) is 10.2. The molecular weight excluding hydrogens is 380 g/mol. The Bertz CT molecular complexity index is 1080. The van der Waals surface area contributed by atoms with E-state index in [1.165, 1.54) is 9.25 Å². The van der Waals surface area contributed by atoms with E-state index in [1.54, 1.807) is 19.2 Å². The summed E-state index contributed by atoms with van der Waals surface area (Å²) in [4.78, 5) is 25.9. The summed E-state index contributed by atoms with van der Waals surface area (Å²) in [5, 5.41) is 7.59. The van der Waals surface area contributed by atoms with Crippen LogP contribution in [0.4, 0.5) is 0 Å². The molecular formula is C23H26N4O3. The van der Waals surface area contributed by atoms with Gasteiger partial charge >= 0.3 is 5.69 Å². The number of nitrogens with one attached hydrogen (secondary N) is 1. The van der Waals surface area contributed by atoms with Crippen molar-refractivity contribution in [3.8, 4) is 11.4 Å². The fraction of sp³-hybridized carbons (Fsp3) is 0.348. The lowest BCUT2D eigenvalue weighted by Crippen LogP contribution is -2.39. The summed E-state index contributed by atoms with van der Waals surface area (Å²) in [6, 6.07) is 17.1. The highest BCUT2D eigenvalue weighted by molar-refractivity contribution is 5.76. The Morgan fingerprint density at radius 1 is 1.17 bits per heavy atom. The van der Waals surface area contributed by atoms with Crippen molar-refractivity contribution in [1.29, 1.82) is 0 Å². The van der Waals surface area contributed by atoms with Crippen LogP contribution < -0.4 is 15.7 Å². The van der Waals surface area contributed by atoms with Crippen molar-refractivity contribution in [2.75, 3.05) is 7.11 Å². The minimum Gasteiger partial charge on any atom is -0.494 e. The van der Waals surface area contributed by atoms with Crippen LogP contribution >= 0.6 is 0 Å². The van der Waals surface area contributed by atoms with Gasteiger partial charge in [-0.3, -0.25) is 9.36 Å². The normalized spacial score (nSPS) is 14.3. The molecule has 0 radical (unpaired) electrons. The zero-order valence-corrected chi connectivity index (χ0v) is 17.2. The van der Waals surface area contributed by atoms with Gasteiger partial charge in [0, 0.05) is 12.5 Å². The first kappa shape index (κ1) is 19.9. The Balaban J connectivity index is 1.69. The average molecular weight is 406 g/mol. The van der Waals surface area contributed by atoms with Crippen molar-refractivity contribution in [2.45, 2.75) is 38.8 Å². The van der Waals surface area contributed by atoms with Crippen LogP contribution in [-0.4, -0.2) is 33.4 Å². The summed E-state index contributed by atoms with van der Waals surface area (Å²) in [6.07, 6.45) is 2.74. The minimum atomic E-state index is -0.361. The summed E-state index contributed by atoms with van der Waals surface area (Å²) in [7, 11) is 1.55. The number of para-hydroxylation sites is 2. The topological polar surface area (TPSA) is 78.2 Å². The maximum Gasteiger partial charge on any atom is 0.351 e. The molecule has 4 rings (SSSR count). The van der Waals surface area contributed by atoms with E-state index in [2.05, 4.69) is 10.4 Å². The van der Waals surface area contributed by atoms with Crippen molar-refractivity contribution >= 4 is 5.91 Å². The molecule has 0 unspecified atom stereocenters. The Morgan fingerprint density at radius 2 is 1.87 bits per heavy atom. The lowest BCUT2D eigenvalue weighted by molar-refractivity contribution is -0.122. The number of ether oxygens (including phenoxy) is 1. The number of nitrogens with zero attached hydrogens (tertiary/aromatic N) is 3. The van der Waals surface area contributed by atoms with Gasteiger partial charge in [0.15, 0.2) is 0 Å². The highest BCUT2D eigenvalue weighted by Gasteiger charge is 2.29. The zero-order valence-electron chi connectivity index (χ0n) is 17.2. The number of benzene rings is 2. The van der Waals surface area contributed by atoms with Crippen LogP contribution in [0, 0.1) is 5.92 Å². The van der Waals surface area contributed by atoms with Gasteiger partial charge in [0.1, 0.15) is 23.8 Å². The molecule has 1 atom stereocenters. The van der Waals surface area contributed by atoms with Crippen LogP contribution in [0.1, 0.15) is 31.2 Å². The standard InChI is InChI=1S/C23H26N4O3/c1-16(18-12-13-18)24-22(28)15-26-21(14-17-8-4-3-5-9-17)25-27(23(26)29)19-10-6-7-11-20(19)30-2/h3-11,16,18H,12-15H2,1-2H3,(H,24,28)/t16-/m1/s1. The minimum absolute atomic E-state index is 0.0623. The Morgan fingerprint density at radius 3 is 2.57 bits per heavy atom. The summed E-state index contributed by atoms with van der Waals surface area (Å²) < 4.78 is 8.17. The van der Waals surface area contributed by atoms with Crippen molar-refractivity contribution in [1.82, 2.24) is 19.7 Å². The van der Waals surface area contributed by atoms with E-state index in [4.69, 9.17) is 4.74 Å². The molecule has 1 aliphatic rings. The highest BCUT2D eigenvalue weighted by atomic mass is 16.5. The summed E-state index contributed by atoms with van der Waals surface area (Å²) in [5.74, 6) is 1.45. The number of amides is 1. The molecule has 1 amide bonds. The molecule has 2 aromatic carbocycles. The molecule has 1 fully saturated rings. The Labute approximate surface area is 175 Å². The van der Waals surface area contributed by atoms with Crippen molar-refractivity contribution in [3.05, 3.63) is 76.5 Å². The second-order valence-corrected chi connectivity index (χ2v) is 7.72. The number of rotatable bonds is 8. The second-order valence-electron chi connectivity index (χ2n) is 7.72. The SMILES string of the molecule is COc1ccccc1-n1nc(Cc2ccccc2)n(CC(=O)N[C@H](C)C2CC2)c1=O. The van der Waals surface area contributed by atoms with Crippen LogP contribution in [0.25, 0.3) is 5.69 Å². The first-order valence-electron chi connectivity index (χ1n) is 10.2. The van der Waals surface area contributed by atoms with E-state index < -0.39 is 0 Å². The van der Waals surface area contributed by atoms with Crippen molar-refractivity contribution in [3.63, 3.8) is 0 Å². The molecule has 3 aromatic rings. The fourth-order valence-electron chi connectivity index (χ4n) is 3.62. The predicted octanol–water partition coefficient (Wildman–Crippen LogP) is 2.55. The van der Waals surface area contributed by atoms with Gasteiger partial charge in [-0.25, -0.2) is 4.79 Å². The van der Waals surface area contributed by atoms with Crippen LogP contribution in [0.3, 0.4) is 0 Å². The van der Waals surface area contributed by atoms with Gasteiger partial charge in [0.2, 0.25) is 5.91 Å². The number of carbonyl (C=O) groups excluding carboxylic acids is 1. The van der Waals surface area contributed by atoms with Gasteiger partial charge in [-0.1, -0.05) is 42.5 Å². The molecule has 0 saturated heterocycles. The smallest absolute Gasteiger partial charge is 0.351 e. The number of methoxy groups -OCH3 is 1. The summed E-state index contributed by atoms with van der Waals surface area (Å²) >= 11 is 0. The lowest BCUT2D eigenvalue weighted by atomic mass is 10.1. The Kier molecular flexibility index (Phi) is 5.70. The van der Waals surface area contributed by atoms with Gasteiger partial charge in [-0.15, -0.1) is 5.10 Å². The molecule has 156 valence electrons. The predicted molar refractivity (Wildman–Crippen MR) is 114 cm³/mol. The van der Waals surface area contributed by atoms with E-state index in [-0.39, 0.29) is 24.2 Å². The summed E-state index contributed by atoms with van der Waals surface area (Å²) in [5.41, 5.74) is 1.20. The fourth-order valence-corrected chi connectivity index (χ4v) is 3.62. The highest BCUT2D eigenvalue weighted by Crippen LogP contribution is 2.32. The quantitative estimate of drug-likeness (QED) is 0.624. The van der Waals surface area contributed by atoms with Gasteiger partial charge in [0.25, 0.3) is 0 Å². The average Bonchev–Trinajstić information content (AvgIpc) is 3.57. The van der Waals surface area contributed by atoms with Crippen LogP contribution in [0.15, 0.2) is 59.4 Å².